The van der Waals surface area contributed by atoms with Crippen LogP contribution in [0.25, 0.3) is 0 Å². The molecule has 2 aromatic rings. The normalized spacial score (nSPS) is 20.4. The Morgan fingerprint density at radius 2 is 1.85 bits per heavy atom. The van der Waals surface area contributed by atoms with Gasteiger partial charge in [0.05, 0.1) is 0 Å². The molecule has 34 heavy (non-hydrogen) atoms. The average molecular weight is 456 g/mol. The summed E-state index contributed by atoms with van der Waals surface area (Å²) in [4.78, 5) is 12.2. The van der Waals surface area contributed by atoms with Crippen LogP contribution in [0.15, 0.2) is 64.2 Å². The Hall–Kier alpha value is -2.68. The van der Waals surface area contributed by atoms with Crippen molar-refractivity contribution in [1.29, 1.82) is 0 Å². The number of aliphatic imine (C=N–C) groups is 2. The van der Waals surface area contributed by atoms with Gasteiger partial charge >= 0.3 is 0 Å². The molecule has 2 aliphatic rings. The fraction of sp³-hybridized carbons (Fsp3) is 0.484. The van der Waals surface area contributed by atoms with E-state index in [0.29, 0.717) is 5.92 Å². The molecule has 3 heteroatoms. The van der Waals surface area contributed by atoms with Gasteiger partial charge in [0.1, 0.15) is 0 Å². The van der Waals surface area contributed by atoms with Crippen LogP contribution in [0.1, 0.15) is 87.1 Å². The summed E-state index contributed by atoms with van der Waals surface area (Å²) in [6.07, 6.45) is 9.78. The molecular formula is C31H41N3. The number of likely N-dealkylation sites (N-methyl/N-ethyl adjacent to an activating group) is 1. The van der Waals surface area contributed by atoms with Crippen molar-refractivity contribution in [3.63, 3.8) is 0 Å². The Bertz CT molecular complexity index is 1070. The molecule has 0 N–H and O–H groups in total. The smallest absolute Gasteiger partial charge is 0.154 e. The van der Waals surface area contributed by atoms with Crippen LogP contribution < -0.4 is 0 Å². The number of nitrogens with zero attached hydrogens (tertiary/aromatic N) is 3. The third kappa shape index (κ3) is 5.51. The topological polar surface area (TPSA) is 28.0 Å². The third-order valence-corrected chi connectivity index (χ3v) is 7.66. The summed E-state index contributed by atoms with van der Waals surface area (Å²) < 4.78 is 0. The minimum absolute atomic E-state index is 0.535. The second-order valence-electron chi connectivity index (χ2n) is 9.87. The number of allylic oxidation sites excluding steroid dienone is 2. The van der Waals surface area contributed by atoms with Gasteiger partial charge in [-0.25, -0.2) is 4.99 Å². The highest BCUT2D eigenvalue weighted by Crippen LogP contribution is 2.37. The molecule has 3 nitrogen and oxygen atoms in total. The van der Waals surface area contributed by atoms with Crippen molar-refractivity contribution in [2.24, 2.45) is 15.9 Å². The lowest BCUT2D eigenvalue weighted by atomic mass is 9.88. The molecule has 180 valence electrons. The van der Waals surface area contributed by atoms with Gasteiger partial charge in [0.15, 0.2) is 5.84 Å². The van der Waals surface area contributed by atoms with Gasteiger partial charge in [-0.15, -0.1) is 0 Å². The zero-order valence-electron chi connectivity index (χ0n) is 21.8. The highest BCUT2D eigenvalue weighted by atomic mass is 15.2. The summed E-state index contributed by atoms with van der Waals surface area (Å²) in [6, 6.07) is 15.7. The summed E-state index contributed by atoms with van der Waals surface area (Å²) in [5.41, 5.74) is 9.15. The molecule has 2 fully saturated rings. The number of amidine groups is 1. The largest absolute Gasteiger partial charge is 0.375 e. The van der Waals surface area contributed by atoms with Gasteiger partial charge in [0.25, 0.3) is 0 Å². The lowest BCUT2D eigenvalue weighted by Crippen LogP contribution is -2.19. The van der Waals surface area contributed by atoms with E-state index in [2.05, 4.69) is 86.1 Å². The monoisotopic (exact) mass is 455 g/mol. The Kier molecular flexibility index (Phi) is 8.03. The molecule has 0 bridgehead atoms. The Balaban J connectivity index is 1.57. The van der Waals surface area contributed by atoms with E-state index in [1.165, 1.54) is 59.2 Å². The molecular weight excluding hydrogens is 414 g/mol. The number of aryl methyl sites for hydroxylation is 1. The number of likely N-dealkylation sites (tertiary alicyclic amines) is 1. The minimum Gasteiger partial charge on any atom is -0.375 e. The van der Waals surface area contributed by atoms with Crippen LogP contribution in [0.4, 0.5) is 0 Å². The molecule has 1 aliphatic heterocycles. The van der Waals surface area contributed by atoms with Crippen molar-refractivity contribution in [3.8, 4) is 0 Å². The van der Waals surface area contributed by atoms with Gasteiger partial charge < -0.3 is 4.90 Å². The Labute approximate surface area is 206 Å². The van der Waals surface area contributed by atoms with Crippen molar-refractivity contribution in [3.05, 3.63) is 82.1 Å². The van der Waals surface area contributed by atoms with Crippen molar-refractivity contribution in [2.75, 3.05) is 20.1 Å². The molecule has 1 unspecified atom stereocenters. The van der Waals surface area contributed by atoms with Gasteiger partial charge in [-0.1, -0.05) is 68.3 Å². The lowest BCUT2D eigenvalue weighted by Gasteiger charge is -2.20. The second-order valence-corrected chi connectivity index (χ2v) is 9.87. The van der Waals surface area contributed by atoms with E-state index in [0.717, 1.165) is 43.4 Å². The van der Waals surface area contributed by atoms with Crippen LogP contribution in [0.3, 0.4) is 0 Å². The van der Waals surface area contributed by atoms with Crippen molar-refractivity contribution in [1.82, 2.24) is 4.90 Å². The van der Waals surface area contributed by atoms with E-state index in [1.54, 1.807) is 0 Å². The lowest BCUT2D eigenvalue weighted by molar-refractivity contribution is 0.404. The van der Waals surface area contributed by atoms with Crippen molar-refractivity contribution >= 4 is 11.5 Å². The van der Waals surface area contributed by atoms with Gasteiger partial charge in [-0.05, 0) is 74.6 Å². The maximum atomic E-state index is 5.03. The highest BCUT2D eigenvalue weighted by molar-refractivity contribution is 6.12. The van der Waals surface area contributed by atoms with E-state index in [4.69, 9.17) is 4.99 Å². The van der Waals surface area contributed by atoms with Crippen molar-refractivity contribution in [2.45, 2.75) is 72.1 Å². The summed E-state index contributed by atoms with van der Waals surface area (Å²) in [6.45, 7) is 10.9. The number of rotatable bonds is 8. The molecule has 2 aromatic carbocycles. The molecule has 0 spiro atoms. The molecule has 1 saturated heterocycles. The zero-order chi connectivity index (χ0) is 24.1. The number of benzene rings is 2. The zero-order valence-corrected chi connectivity index (χ0v) is 21.8. The predicted molar refractivity (Wildman–Crippen MR) is 146 cm³/mol. The minimum atomic E-state index is 0.535. The quantitative estimate of drug-likeness (QED) is 0.306. The van der Waals surface area contributed by atoms with E-state index in [-0.39, 0.29) is 0 Å². The third-order valence-electron chi connectivity index (χ3n) is 7.66. The molecule has 1 aliphatic carbocycles. The summed E-state index contributed by atoms with van der Waals surface area (Å²) >= 11 is 0. The summed E-state index contributed by atoms with van der Waals surface area (Å²) in [5.74, 6) is 2.35. The standard InChI is InChI=1S/C31H41N3/c1-6-27-20-26(21-34(27)8-3)29-10-9-11-30(28(29)7-2)31(32-5)33-22(4)25-18-16-24(17-19-25)15-14-23-12-13-23/h6,9-11,16-19,23,26H,7-8,12-15,20-21H2,1-5H3/b27-6+,32-31-,33-22+. The first-order chi connectivity index (χ1) is 16.6. The highest BCUT2D eigenvalue weighted by Gasteiger charge is 2.28. The molecule has 1 heterocycles. The molecule has 0 radical (unpaired) electrons. The summed E-state index contributed by atoms with van der Waals surface area (Å²) in [7, 11) is 1.87. The Morgan fingerprint density at radius 1 is 1.09 bits per heavy atom. The first-order valence-electron chi connectivity index (χ1n) is 13.2. The van der Waals surface area contributed by atoms with E-state index in [9.17, 15) is 0 Å². The predicted octanol–water partition coefficient (Wildman–Crippen LogP) is 7.19. The first-order valence-corrected chi connectivity index (χ1v) is 13.2. The first kappa shape index (κ1) is 24.4. The molecule has 4 rings (SSSR count). The maximum Gasteiger partial charge on any atom is 0.154 e. The van der Waals surface area contributed by atoms with Gasteiger partial charge in [-0.3, -0.25) is 4.99 Å². The van der Waals surface area contributed by atoms with Crippen molar-refractivity contribution < 1.29 is 0 Å². The molecule has 0 aromatic heterocycles. The fourth-order valence-electron chi connectivity index (χ4n) is 5.41. The van der Waals surface area contributed by atoms with Crippen LogP contribution in [0.5, 0.6) is 0 Å². The van der Waals surface area contributed by atoms with E-state index >= 15 is 0 Å². The van der Waals surface area contributed by atoms with Gasteiger partial charge in [0, 0.05) is 43.0 Å². The van der Waals surface area contributed by atoms with Crippen LogP contribution in [-0.2, 0) is 12.8 Å². The van der Waals surface area contributed by atoms with Crippen LogP contribution >= 0.6 is 0 Å². The molecule has 1 atom stereocenters. The fourth-order valence-corrected chi connectivity index (χ4v) is 5.41. The van der Waals surface area contributed by atoms with Crippen LogP contribution in [0.2, 0.25) is 0 Å². The SMILES string of the molecule is C/C=C1\CC(c2cccc(C(=N/C)/N=C(\C)c3ccc(CCC4CC4)cc3)c2CC)CN1CC. The van der Waals surface area contributed by atoms with E-state index in [1.807, 2.05) is 7.05 Å². The second kappa shape index (κ2) is 11.2. The summed E-state index contributed by atoms with van der Waals surface area (Å²) in [5, 5.41) is 0. The average Bonchev–Trinajstić information content (AvgIpc) is 3.62. The van der Waals surface area contributed by atoms with Gasteiger partial charge in [0.2, 0.25) is 0 Å². The van der Waals surface area contributed by atoms with E-state index < -0.39 is 0 Å². The Morgan fingerprint density at radius 3 is 2.44 bits per heavy atom. The maximum absolute atomic E-state index is 5.03. The molecule has 1 saturated carbocycles. The number of hydrogen-bond donors (Lipinski definition) is 0. The van der Waals surface area contributed by atoms with Gasteiger partial charge in [-0.2, -0.15) is 0 Å². The van der Waals surface area contributed by atoms with Crippen LogP contribution in [-0.4, -0.2) is 36.6 Å². The molecule has 0 amide bonds. The number of hydrogen-bond acceptors (Lipinski definition) is 2. The van der Waals surface area contributed by atoms with Crippen LogP contribution in [0, 0.1) is 5.92 Å².